The summed E-state index contributed by atoms with van der Waals surface area (Å²) in [6, 6.07) is 6.29. The second kappa shape index (κ2) is 5.96. The normalized spacial score (nSPS) is 16.9. The topological polar surface area (TPSA) is 32.3 Å². The summed E-state index contributed by atoms with van der Waals surface area (Å²) >= 11 is 0. The first-order chi connectivity index (χ1) is 9.39. The highest BCUT2D eigenvalue weighted by Crippen LogP contribution is 2.25. The Morgan fingerprint density at radius 3 is 2.65 bits per heavy atom. The molecule has 1 heterocycles. The number of nitrogens with one attached hydrogen (secondary N) is 1. The van der Waals surface area contributed by atoms with E-state index in [1.807, 2.05) is 11.8 Å². The Kier molecular flexibility index (Phi) is 4.48. The van der Waals surface area contributed by atoms with E-state index in [1.165, 1.54) is 5.56 Å². The minimum absolute atomic E-state index is 0.0725. The number of hydrogen-bond acceptors (Lipinski definition) is 2. The fourth-order valence-electron chi connectivity index (χ4n) is 2.54. The molecule has 0 aliphatic carbocycles. The lowest BCUT2D eigenvalue weighted by atomic mass is 9.85. The van der Waals surface area contributed by atoms with Crippen LogP contribution in [-0.2, 0) is 5.41 Å². The first kappa shape index (κ1) is 15.0. The lowest BCUT2D eigenvalue weighted by Gasteiger charge is -2.24. The van der Waals surface area contributed by atoms with Crippen molar-refractivity contribution in [2.45, 2.75) is 39.5 Å². The lowest BCUT2D eigenvalue weighted by molar-refractivity contribution is 0.0765. The van der Waals surface area contributed by atoms with Crippen molar-refractivity contribution in [2.75, 3.05) is 26.2 Å². The summed E-state index contributed by atoms with van der Waals surface area (Å²) in [5, 5.41) is 3.34. The summed E-state index contributed by atoms with van der Waals surface area (Å²) in [7, 11) is 0. The summed E-state index contributed by atoms with van der Waals surface area (Å²) < 4.78 is 0. The van der Waals surface area contributed by atoms with Gasteiger partial charge in [0.25, 0.3) is 5.91 Å². The van der Waals surface area contributed by atoms with Crippen molar-refractivity contribution < 1.29 is 4.79 Å². The summed E-state index contributed by atoms with van der Waals surface area (Å²) in [6.07, 6.45) is 1.03. The largest absolute Gasteiger partial charge is 0.337 e. The van der Waals surface area contributed by atoms with E-state index in [9.17, 15) is 4.79 Å². The number of amides is 1. The fraction of sp³-hybridized carbons (Fsp3) is 0.588. The molecule has 1 N–H and O–H groups in total. The van der Waals surface area contributed by atoms with Crippen LogP contribution in [0, 0.1) is 6.92 Å². The number of nitrogens with zero attached hydrogens (tertiary/aromatic N) is 1. The van der Waals surface area contributed by atoms with E-state index in [0.717, 1.165) is 43.7 Å². The standard InChI is InChI=1S/C17H26N2O/c1-13-6-7-14(17(2,3)4)12-15(13)16(20)19-10-5-8-18-9-11-19/h6-7,12,18H,5,8-11H2,1-4H3. The Hall–Kier alpha value is -1.35. The Balaban J connectivity index is 2.28. The Morgan fingerprint density at radius 2 is 1.95 bits per heavy atom. The van der Waals surface area contributed by atoms with E-state index in [4.69, 9.17) is 0 Å². The van der Waals surface area contributed by atoms with Crippen molar-refractivity contribution in [3.63, 3.8) is 0 Å². The zero-order chi connectivity index (χ0) is 14.8. The third-order valence-electron chi connectivity index (χ3n) is 3.96. The second-order valence-corrected chi connectivity index (χ2v) is 6.68. The molecule has 1 saturated heterocycles. The predicted octanol–water partition coefficient (Wildman–Crippen LogP) is 2.73. The maximum Gasteiger partial charge on any atom is 0.254 e. The van der Waals surface area contributed by atoms with E-state index in [-0.39, 0.29) is 11.3 Å². The van der Waals surface area contributed by atoms with Gasteiger partial charge in [0.2, 0.25) is 0 Å². The molecule has 1 fully saturated rings. The van der Waals surface area contributed by atoms with Crippen LogP contribution in [0.2, 0.25) is 0 Å². The van der Waals surface area contributed by atoms with Crippen molar-refractivity contribution in [1.82, 2.24) is 10.2 Å². The van der Waals surface area contributed by atoms with Crippen LogP contribution in [0.4, 0.5) is 0 Å². The highest BCUT2D eigenvalue weighted by molar-refractivity contribution is 5.96. The first-order valence-electron chi connectivity index (χ1n) is 7.51. The van der Waals surface area contributed by atoms with Crippen molar-refractivity contribution in [3.05, 3.63) is 34.9 Å². The number of rotatable bonds is 1. The molecule has 1 aromatic rings. The molecule has 1 aromatic carbocycles. The molecule has 0 bridgehead atoms. The van der Waals surface area contributed by atoms with Crippen LogP contribution in [0.1, 0.15) is 48.7 Å². The number of carbonyl (C=O) groups is 1. The van der Waals surface area contributed by atoms with Crippen molar-refractivity contribution >= 4 is 5.91 Å². The van der Waals surface area contributed by atoms with Crippen LogP contribution < -0.4 is 5.32 Å². The third-order valence-corrected chi connectivity index (χ3v) is 3.96. The van der Waals surface area contributed by atoms with Crippen LogP contribution in [-0.4, -0.2) is 37.0 Å². The number of aryl methyl sites for hydroxylation is 1. The van der Waals surface area contributed by atoms with Gasteiger partial charge in [-0.2, -0.15) is 0 Å². The van der Waals surface area contributed by atoms with Gasteiger partial charge in [-0.1, -0.05) is 32.9 Å². The SMILES string of the molecule is Cc1ccc(C(C)(C)C)cc1C(=O)N1CCCNCC1. The predicted molar refractivity (Wildman–Crippen MR) is 83.3 cm³/mol. The molecule has 20 heavy (non-hydrogen) atoms. The smallest absolute Gasteiger partial charge is 0.254 e. The van der Waals surface area contributed by atoms with Gasteiger partial charge in [-0.05, 0) is 42.5 Å². The molecule has 1 aliphatic heterocycles. The Bertz CT molecular complexity index is 480. The molecule has 1 amide bonds. The number of benzene rings is 1. The zero-order valence-corrected chi connectivity index (χ0v) is 13.1. The molecular weight excluding hydrogens is 248 g/mol. The molecule has 0 radical (unpaired) electrons. The van der Waals surface area contributed by atoms with Gasteiger partial charge in [-0.25, -0.2) is 0 Å². The van der Waals surface area contributed by atoms with Gasteiger partial charge in [-0.3, -0.25) is 4.79 Å². The first-order valence-corrected chi connectivity index (χ1v) is 7.51. The van der Waals surface area contributed by atoms with Crippen LogP contribution in [0.15, 0.2) is 18.2 Å². The molecule has 0 unspecified atom stereocenters. The maximum absolute atomic E-state index is 12.8. The summed E-state index contributed by atoms with van der Waals surface area (Å²) in [4.78, 5) is 14.7. The van der Waals surface area contributed by atoms with Crippen LogP contribution in [0.3, 0.4) is 0 Å². The number of hydrogen-bond donors (Lipinski definition) is 1. The monoisotopic (exact) mass is 274 g/mol. The van der Waals surface area contributed by atoms with E-state index in [1.54, 1.807) is 0 Å². The van der Waals surface area contributed by atoms with E-state index in [0.29, 0.717) is 0 Å². The summed E-state index contributed by atoms with van der Waals surface area (Å²) in [5.41, 5.74) is 3.22. The third kappa shape index (κ3) is 3.40. The van der Waals surface area contributed by atoms with Gasteiger partial charge in [0.05, 0.1) is 0 Å². The van der Waals surface area contributed by atoms with E-state index in [2.05, 4.69) is 44.3 Å². The molecule has 0 saturated carbocycles. The van der Waals surface area contributed by atoms with Gasteiger partial charge >= 0.3 is 0 Å². The molecule has 0 atom stereocenters. The van der Waals surface area contributed by atoms with Crippen molar-refractivity contribution in [3.8, 4) is 0 Å². The molecule has 2 rings (SSSR count). The van der Waals surface area contributed by atoms with Crippen molar-refractivity contribution in [2.24, 2.45) is 0 Å². The van der Waals surface area contributed by atoms with Crippen LogP contribution >= 0.6 is 0 Å². The minimum atomic E-state index is 0.0725. The van der Waals surface area contributed by atoms with Gasteiger partial charge in [0.1, 0.15) is 0 Å². The van der Waals surface area contributed by atoms with Crippen molar-refractivity contribution in [1.29, 1.82) is 0 Å². The Morgan fingerprint density at radius 1 is 1.20 bits per heavy atom. The molecule has 110 valence electrons. The molecular formula is C17H26N2O. The van der Waals surface area contributed by atoms with Gasteiger partial charge < -0.3 is 10.2 Å². The van der Waals surface area contributed by atoms with E-state index < -0.39 is 0 Å². The van der Waals surface area contributed by atoms with E-state index >= 15 is 0 Å². The molecule has 0 aromatic heterocycles. The molecule has 3 nitrogen and oxygen atoms in total. The fourth-order valence-corrected chi connectivity index (χ4v) is 2.54. The highest BCUT2D eigenvalue weighted by atomic mass is 16.2. The minimum Gasteiger partial charge on any atom is -0.337 e. The summed E-state index contributed by atoms with van der Waals surface area (Å²) in [5.74, 6) is 0.178. The average Bonchev–Trinajstić information content (AvgIpc) is 2.66. The Labute approximate surface area is 122 Å². The average molecular weight is 274 g/mol. The highest BCUT2D eigenvalue weighted by Gasteiger charge is 2.21. The maximum atomic E-state index is 12.8. The second-order valence-electron chi connectivity index (χ2n) is 6.68. The van der Waals surface area contributed by atoms with Crippen LogP contribution in [0.25, 0.3) is 0 Å². The lowest BCUT2D eigenvalue weighted by Crippen LogP contribution is -2.34. The molecule has 1 aliphatic rings. The zero-order valence-electron chi connectivity index (χ0n) is 13.1. The number of carbonyl (C=O) groups excluding carboxylic acids is 1. The molecule has 3 heteroatoms. The van der Waals surface area contributed by atoms with Gasteiger partial charge in [0.15, 0.2) is 0 Å². The van der Waals surface area contributed by atoms with Gasteiger partial charge in [0, 0.05) is 25.2 Å². The summed E-state index contributed by atoms with van der Waals surface area (Å²) in [6.45, 7) is 12.1. The molecule has 0 spiro atoms. The van der Waals surface area contributed by atoms with Crippen LogP contribution in [0.5, 0.6) is 0 Å². The van der Waals surface area contributed by atoms with Gasteiger partial charge in [-0.15, -0.1) is 0 Å². The quantitative estimate of drug-likeness (QED) is 0.854.